The van der Waals surface area contributed by atoms with E-state index in [2.05, 4.69) is 158 Å². The Morgan fingerprint density at radius 1 is 0.242 bits per heavy atom. The van der Waals surface area contributed by atoms with E-state index >= 15 is 0 Å². The Hall–Kier alpha value is -8.41. The van der Waals surface area contributed by atoms with Crippen molar-refractivity contribution in [3.63, 3.8) is 0 Å². The highest BCUT2D eigenvalue weighted by Crippen LogP contribution is 2.42. The molecule has 12 rings (SSSR count). The molecule has 290 valence electrons. The van der Waals surface area contributed by atoms with E-state index in [0.717, 1.165) is 93.9 Å². The molecule has 0 radical (unpaired) electrons. The van der Waals surface area contributed by atoms with Gasteiger partial charge in [-0.05, 0) is 87.0 Å². The van der Waals surface area contributed by atoms with E-state index in [9.17, 15) is 0 Å². The number of nitrogens with zero attached hydrogens (tertiary/aromatic N) is 3. The van der Waals surface area contributed by atoms with Gasteiger partial charge in [0.05, 0.1) is 0 Å². The highest BCUT2D eigenvalue weighted by molar-refractivity contribution is 6.16. The van der Waals surface area contributed by atoms with Crippen molar-refractivity contribution in [2.45, 2.75) is 0 Å². The number of rotatable bonds is 7. The van der Waals surface area contributed by atoms with Crippen LogP contribution in [0.2, 0.25) is 0 Å². The summed E-state index contributed by atoms with van der Waals surface area (Å²) in [6.45, 7) is 0. The smallest absolute Gasteiger partial charge is 0.164 e. The minimum atomic E-state index is 0.574. The maximum Gasteiger partial charge on any atom is 0.164 e. The van der Waals surface area contributed by atoms with Crippen molar-refractivity contribution >= 4 is 43.9 Å². The van der Waals surface area contributed by atoms with Crippen LogP contribution >= 0.6 is 0 Å². The van der Waals surface area contributed by atoms with E-state index in [1.54, 1.807) is 0 Å². The lowest BCUT2D eigenvalue weighted by atomic mass is 9.95. The molecule has 0 saturated heterocycles. The second kappa shape index (κ2) is 14.7. The molecule has 0 aliphatic rings. The Labute approximate surface area is 357 Å². The Bertz CT molecular complexity index is 3610. The summed E-state index contributed by atoms with van der Waals surface area (Å²) in [5.41, 5.74) is 15.0. The van der Waals surface area contributed by atoms with Gasteiger partial charge in [0.15, 0.2) is 17.5 Å². The van der Waals surface area contributed by atoms with Crippen molar-refractivity contribution in [1.82, 2.24) is 15.0 Å². The Morgan fingerprint density at radius 2 is 0.645 bits per heavy atom. The van der Waals surface area contributed by atoms with Crippen LogP contribution in [-0.2, 0) is 0 Å². The third kappa shape index (κ3) is 6.23. The molecular formula is C57H35N3O2. The number of hydrogen-bond donors (Lipinski definition) is 0. The van der Waals surface area contributed by atoms with Crippen molar-refractivity contribution in [3.05, 3.63) is 212 Å². The van der Waals surface area contributed by atoms with Crippen molar-refractivity contribution in [1.29, 1.82) is 0 Å². The van der Waals surface area contributed by atoms with Gasteiger partial charge in [0.1, 0.15) is 22.3 Å². The predicted octanol–water partition coefficient (Wildman–Crippen LogP) is 15.3. The Morgan fingerprint density at radius 3 is 1.29 bits per heavy atom. The average molecular weight is 794 g/mol. The first-order chi connectivity index (χ1) is 30.7. The summed E-state index contributed by atoms with van der Waals surface area (Å²) in [5.74, 6) is 1.78. The number of hydrogen-bond acceptors (Lipinski definition) is 5. The average Bonchev–Trinajstić information content (AvgIpc) is 3.93. The van der Waals surface area contributed by atoms with Crippen LogP contribution < -0.4 is 0 Å². The Kier molecular flexibility index (Phi) is 8.42. The molecule has 62 heavy (non-hydrogen) atoms. The maximum atomic E-state index is 6.55. The second-order valence-electron chi connectivity index (χ2n) is 15.5. The maximum absolute atomic E-state index is 6.55. The highest BCUT2D eigenvalue weighted by Gasteiger charge is 2.20. The van der Waals surface area contributed by atoms with Gasteiger partial charge in [-0.3, -0.25) is 0 Å². The van der Waals surface area contributed by atoms with E-state index in [0.29, 0.717) is 17.5 Å². The van der Waals surface area contributed by atoms with Crippen LogP contribution in [-0.4, -0.2) is 15.0 Å². The van der Waals surface area contributed by atoms with E-state index in [-0.39, 0.29) is 0 Å². The third-order valence-electron chi connectivity index (χ3n) is 11.8. The van der Waals surface area contributed by atoms with Gasteiger partial charge in [-0.2, -0.15) is 0 Å². The summed E-state index contributed by atoms with van der Waals surface area (Å²) in [5, 5.41) is 4.07. The SMILES string of the molecule is c1ccc(-c2ccc(-c3ccc4oc5cccc(-c6ccc7oc8cccc(-c9nc(-c%10ccccc%10)nc(-c%10cccc(-c%11ccccc%11)c%10)n9)c8c7c6)c5c4c3)cc2)cc1. The molecule has 0 saturated carbocycles. The van der Waals surface area contributed by atoms with Crippen molar-refractivity contribution in [2.24, 2.45) is 0 Å². The summed E-state index contributed by atoms with van der Waals surface area (Å²) >= 11 is 0. The Balaban J connectivity index is 0.996. The number of benzene rings is 9. The van der Waals surface area contributed by atoms with Gasteiger partial charge in [0.2, 0.25) is 0 Å². The molecule has 0 aliphatic carbocycles. The molecule has 0 spiro atoms. The summed E-state index contributed by atoms with van der Waals surface area (Å²) in [6, 6.07) is 73.4. The van der Waals surface area contributed by atoms with E-state index in [4.69, 9.17) is 23.8 Å². The zero-order chi connectivity index (χ0) is 41.0. The minimum absolute atomic E-state index is 0.574. The van der Waals surface area contributed by atoms with Crippen LogP contribution in [0.15, 0.2) is 221 Å². The van der Waals surface area contributed by atoms with Crippen LogP contribution in [0.1, 0.15) is 0 Å². The summed E-state index contributed by atoms with van der Waals surface area (Å²) in [4.78, 5) is 15.4. The normalized spacial score (nSPS) is 11.5. The van der Waals surface area contributed by atoms with Crippen LogP contribution in [0.4, 0.5) is 0 Å². The standard InChI is InChI=1S/C57H35N3O2/c1-4-13-36(14-5-1)38-25-27-39(28-26-38)42-29-31-49-47(34-42)53-45(21-11-23-51(53)61-49)43-30-32-50-48(35-43)54-46(22-12-24-52(54)62-50)57-59-55(40-17-8-3-9-18-40)58-56(60-57)44-20-10-19-41(33-44)37-15-6-2-7-16-37/h1-35H. The molecule has 0 fully saturated rings. The van der Waals surface area contributed by atoms with Crippen LogP contribution in [0.3, 0.4) is 0 Å². The molecule has 3 aromatic heterocycles. The molecule has 0 atom stereocenters. The zero-order valence-electron chi connectivity index (χ0n) is 33.4. The summed E-state index contributed by atoms with van der Waals surface area (Å²) in [7, 11) is 0. The highest BCUT2D eigenvalue weighted by atomic mass is 16.3. The van der Waals surface area contributed by atoms with E-state index in [1.807, 2.05) is 54.6 Å². The van der Waals surface area contributed by atoms with Gasteiger partial charge in [-0.15, -0.1) is 0 Å². The van der Waals surface area contributed by atoms with E-state index in [1.165, 1.54) is 11.1 Å². The minimum Gasteiger partial charge on any atom is -0.456 e. The molecule has 0 unspecified atom stereocenters. The molecule has 0 N–H and O–H groups in total. The number of furan rings is 2. The van der Waals surface area contributed by atoms with Crippen LogP contribution in [0.25, 0.3) is 123 Å². The first-order valence-electron chi connectivity index (χ1n) is 20.7. The molecular weight excluding hydrogens is 759 g/mol. The van der Waals surface area contributed by atoms with Gasteiger partial charge in [-0.25, -0.2) is 15.0 Å². The molecule has 0 amide bonds. The molecule has 9 aromatic carbocycles. The van der Waals surface area contributed by atoms with E-state index < -0.39 is 0 Å². The molecule has 5 heteroatoms. The predicted molar refractivity (Wildman–Crippen MR) is 252 cm³/mol. The van der Waals surface area contributed by atoms with Gasteiger partial charge >= 0.3 is 0 Å². The number of fused-ring (bicyclic) bond motifs is 6. The fourth-order valence-corrected chi connectivity index (χ4v) is 8.72. The fourth-order valence-electron chi connectivity index (χ4n) is 8.72. The first kappa shape index (κ1) is 35.5. The lowest BCUT2D eigenvalue weighted by Crippen LogP contribution is -2.00. The zero-order valence-corrected chi connectivity index (χ0v) is 33.4. The van der Waals surface area contributed by atoms with Gasteiger partial charge in [0.25, 0.3) is 0 Å². The first-order valence-corrected chi connectivity index (χ1v) is 20.7. The lowest BCUT2D eigenvalue weighted by Gasteiger charge is -2.10. The van der Waals surface area contributed by atoms with Gasteiger partial charge < -0.3 is 8.83 Å². The van der Waals surface area contributed by atoms with Crippen molar-refractivity contribution in [3.8, 4) is 78.7 Å². The molecule has 3 heterocycles. The quantitative estimate of drug-likeness (QED) is 0.161. The summed E-state index contributed by atoms with van der Waals surface area (Å²) < 4.78 is 13.0. The van der Waals surface area contributed by atoms with Crippen molar-refractivity contribution < 1.29 is 8.83 Å². The van der Waals surface area contributed by atoms with Crippen LogP contribution in [0.5, 0.6) is 0 Å². The monoisotopic (exact) mass is 793 g/mol. The van der Waals surface area contributed by atoms with Gasteiger partial charge in [-0.1, -0.05) is 170 Å². The molecule has 5 nitrogen and oxygen atoms in total. The molecule has 0 bridgehead atoms. The lowest BCUT2D eigenvalue weighted by molar-refractivity contribution is 0.669. The second-order valence-corrected chi connectivity index (χ2v) is 15.5. The van der Waals surface area contributed by atoms with Crippen LogP contribution in [0, 0.1) is 0 Å². The third-order valence-corrected chi connectivity index (χ3v) is 11.8. The molecule has 12 aromatic rings. The topological polar surface area (TPSA) is 65.0 Å². The fraction of sp³-hybridized carbons (Fsp3) is 0. The van der Waals surface area contributed by atoms with Crippen molar-refractivity contribution in [2.75, 3.05) is 0 Å². The molecule has 0 aliphatic heterocycles. The largest absolute Gasteiger partial charge is 0.456 e. The van der Waals surface area contributed by atoms with Gasteiger partial charge in [0, 0.05) is 38.2 Å². The number of aromatic nitrogens is 3. The summed E-state index contributed by atoms with van der Waals surface area (Å²) in [6.07, 6.45) is 0.